The average molecular weight is 471 g/mol. The Hall–Kier alpha value is -3.58. The van der Waals surface area contributed by atoms with Gasteiger partial charge in [0.2, 0.25) is 0 Å². The van der Waals surface area contributed by atoms with Gasteiger partial charge in [-0.25, -0.2) is 9.97 Å². The van der Waals surface area contributed by atoms with E-state index in [1.165, 1.54) is 0 Å². The Balaban J connectivity index is 1.69. The number of aryl methyl sites for hydroxylation is 1. The van der Waals surface area contributed by atoms with E-state index in [0.717, 1.165) is 24.0 Å². The topological polar surface area (TPSA) is 91.6 Å². The smallest absolute Gasteiger partial charge is 0.384 e. The summed E-state index contributed by atoms with van der Waals surface area (Å²) < 4.78 is 39.5. The van der Waals surface area contributed by atoms with Crippen molar-refractivity contribution in [2.24, 2.45) is 0 Å². The van der Waals surface area contributed by atoms with Gasteiger partial charge in [0.15, 0.2) is 11.5 Å². The third kappa shape index (κ3) is 5.31. The number of hydrogen-bond donors (Lipinski definition) is 3. The van der Waals surface area contributed by atoms with Crippen LogP contribution in [0.15, 0.2) is 30.6 Å². The van der Waals surface area contributed by atoms with Crippen LogP contribution in [-0.4, -0.2) is 50.2 Å². The van der Waals surface area contributed by atoms with Crippen molar-refractivity contribution in [1.82, 2.24) is 19.7 Å². The standard InChI is InChI=1S/C24H24F3N5O2/c1-15-12-16(5-6-18(15)22(34)31-23(2)7-8-23)19-13-29-21-20(28-10-9-24(25,26)27)30-17(4-3-11-33)14-32(19)21/h5-6,12-14,33H,7-11H2,1-2H3,(H,28,30)(H,31,34). The summed E-state index contributed by atoms with van der Waals surface area (Å²) in [7, 11) is 0. The van der Waals surface area contributed by atoms with Crippen LogP contribution in [0.4, 0.5) is 19.0 Å². The van der Waals surface area contributed by atoms with E-state index >= 15 is 0 Å². The molecule has 0 atom stereocenters. The highest BCUT2D eigenvalue weighted by Crippen LogP contribution is 2.35. The molecule has 178 valence electrons. The molecule has 10 heteroatoms. The normalized spacial score (nSPS) is 14.4. The molecule has 1 amide bonds. The van der Waals surface area contributed by atoms with Crippen molar-refractivity contribution in [2.45, 2.75) is 44.8 Å². The number of nitrogens with zero attached hydrogens (tertiary/aromatic N) is 3. The van der Waals surface area contributed by atoms with E-state index in [4.69, 9.17) is 5.11 Å². The monoisotopic (exact) mass is 471 g/mol. The van der Waals surface area contributed by atoms with Crippen molar-refractivity contribution in [3.05, 3.63) is 47.4 Å². The van der Waals surface area contributed by atoms with Crippen molar-refractivity contribution >= 4 is 17.4 Å². The van der Waals surface area contributed by atoms with Gasteiger partial charge in [-0.15, -0.1) is 0 Å². The maximum Gasteiger partial charge on any atom is 0.390 e. The van der Waals surface area contributed by atoms with Gasteiger partial charge in [0.25, 0.3) is 5.91 Å². The van der Waals surface area contributed by atoms with E-state index in [0.29, 0.717) is 16.9 Å². The molecule has 1 aliphatic rings. The number of aliphatic hydroxyl groups excluding tert-OH is 1. The van der Waals surface area contributed by atoms with E-state index in [-0.39, 0.29) is 36.1 Å². The molecule has 0 unspecified atom stereocenters. The predicted molar refractivity (Wildman–Crippen MR) is 121 cm³/mol. The molecular weight excluding hydrogens is 447 g/mol. The zero-order valence-corrected chi connectivity index (χ0v) is 18.8. The van der Waals surface area contributed by atoms with Crippen molar-refractivity contribution in [2.75, 3.05) is 18.5 Å². The SMILES string of the molecule is Cc1cc(-c2cnc3c(NCCC(F)(F)F)nc(C#CCO)cn23)ccc1C(=O)NC1(C)CC1. The van der Waals surface area contributed by atoms with Crippen molar-refractivity contribution in [3.63, 3.8) is 0 Å². The van der Waals surface area contributed by atoms with Crippen LogP contribution >= 0.6 is 0 Å². The van der Waals surface area contributed by atoms with Crippen LogP contribution in [0.3, 0.4) is 0 Å². The molecule has 2 heterocycles. The fourth-order valence-electron chi connectivity index (χ4n) is 3.57. The second kappa shape index (κ2) is 8.99. The first kappa shape index (κ1) is 23.6. The van der Waals surface area contributed by atoms with E-state index in [2.05, 4.69) is 32.4 Å². The summed E-state index contributed by atoms with van der Waals surface area (Å²) in [5.41, 5.74) is 3.27. The number of hydrogen-bond acceptors (Lipinski definition) is 5. The van der Waals surface area contributed by atoms with Gasteiger partial charge >= 0.3 is 6.18 Å². The molecule has 0 aliphatic heterocycles. The van der Waals surface area contributed by atoms with E-state index in [9.17, 15) is 18.0 Å². The Labute approximate surface area is 194 Å². The van der Waals surface area contributed by atoms with Gasteiger partial charge in [0.05, 0.1) is 18.3 Å². The Morgan fingerprint density at radius 2 is 2.09 bits per heavy atom. The lowest BCUT2D eigenvalue weighted by Gasteiger charge is -2.14. The Morgan fingerprint density at radius 3 is 2.74 bits per heavy atom. The zero-order valence-electron chi connectivity index (χ0n) is 18.8. The largest absolute Gasteiger partial charge is 0.390 e. The fraction of sp³-hybridized carbons (Fsp3) is 0.375. The van der Waals surface area contributed by atoms with Crippen molar-refractivity contribution < 1.29 is 23.1 Å². The summed E-state index contributed by atoms with van der Waals surface area (Å²) in [6.07, 6.45) is -0.198. The molecule has 2 aromatic heterocycles. The maximum atomic E-state index is 12.6. The Bertz CT molecular complexity index is 1300. The molecule has 4 rings (SSSR count). The second-order valence-electron chi connectivity index (χ2n) is 8.61. The van der Waals surface area contributed by atoms with Crippen LogP contribution in [0.2, 0.25) is 0 Å². The lowest BCUT2D eigenvalue weighted by Crippen LogP contribution is -2.34. The number of alkyl halides is 3. The number of carbonyl (C=O) groups excluding carboxylic acids is 1. The summed E-state index contributed by atoms with van der Waals surface area (Å²) in [4.78, 5) is 21.2. The van der Waals surface area contributed by atoms with Crippen LogP contribution < -0.4 is 10.6 Å². The summed E-state index contributed by atoms with van der Waals surface area (Å²) >= 11 is 0. The van der Waals surface area contributed by atoms with Gasteiger partial charge in [0.1, 0.15) is 12.3 Å². The lowest BCUT2D eigenvalue weighted by molar-refractivity contribution is -0.131. The summed E-state index contributed by atoms with van der Waals surface area (Å²) in [6.45, 7) is 3.11. The molecule has 3 aromatic rings. The predicted octanol–water partition coefficient (Wildman–Crippen LogP) is 3.70. The Kier molecular flexibility index (Phi) is 6.23. The molecule has 34 heavy (non-hydrogen) atoms. The van der Waals surface area contributed by atoms with Gasteiger partial charge in [0, 0.05) is 29.4 Å². The van der Waals surface area contributed by atoms with E-state index in [1.54, 1.807) is 28.9 Å². The third-order valence-corrected chi connectivity index (χ3v) is 5.67. The first-order chi connectivity index (χ1) is 16.1. The molecular formula is C24H24F3N5O2. The molecule has 0 bridgehead atoms. The van der Waals surface area contributed by atoms with Crippen molar-refractivity contribution in [3.8, 4) is 23.1 Å². The highest BCUT2D eigenvalue weighted by atomic mass is 19.4. The molecule has 1 fully saturated rings. The zero-order chi connectivity index (χ0) is 24.5. The molecule has 0 saturated heterocycles. The number of aromatic nitrogens is 3. The van der Waals surface area contributed by atoms with Gasteiger partial charge in [-0.05, 0) is 50.3 Å². The second-order valence-corrected chi connectivity index (χ2v) is 8.61. The van der Waals surface area contributed by atoms with E-state index < -0.39 is 12.6 Å². The number of benzene rings is 1. The van der Waals surface area contributed by atoms with Crippen LogP contribution in [-0.2, 0) is 0 Å². The summed E-state index contributed by atoms with van der Waals surface area (Å²) in [6, 6.07) is 5.42. The minimum absolute atomic E-state index is 0.121. The number of fused-ring (bicyclic) bond motifs is 1. The average Bonchev–Trinajstić information content (AvgIpc) is 3.32. The number of amides is 1. The number of halogens is 3. The molecule has 1 aromatic carbocycles. The van der Waals surface area contributed by atoms with Crippen molar-refractivity contribution in [1.29, 1.82) is 0 Å². The number of rotatable bonds is 6. The van der Waals surface area contributed by atoms with Crippen LogP contribution in [0.25, 0.3) is 16.9 Å². The number of aliphatic hydroxyl groups is 1. The van der Waals surface area contributed by atoms with Gasteiger partial charge < -0.3 is 15.7 Å². The molecule has 1 saturated carbocycles. The molecule has 0 spiro atoms. The molecule has 3 N–H and O–H groups in total. The lowest BCUT2D eigenvalue weighted by atomic mass is 10.0. The van der Waals surface area contributed by atoms with Gasteiger partial charge in [-0.2, -0.15) is 13.2 Å². The minimum atomic E-state index is -4.30. The fourth-order valence-corrected chi connectivity index (χ4v) is 3.57. The minimum Gasteiger partial charge on any atom is -0.384 e. The maximum absolute atomic E-state index is 12.6. The van der Waals surface area contributed by atoms with Crippen LogP contribution in [0.1, 0.15) is 47.8 Å². The highest BCUT2D eigenvalue weighted by Gasteiger charge is 2.39. The number of anilines is 1. The molecule has 7 nitrogen and oxygen atoms in total. The first-order valence-corrected chi connectivity index (χ1v) is 10.8. The Morgan fingerprint density at radius 1 is 1.32 bits per heavy atom. The number of carbonyl (C=O) groups is 1. The third-order valence-electron chi connectivity index (χ3n) is 5.67. The van der Waals surface area contributed by atoms with Crippen LogP contribution in [0.5, 0.6) is 0 Å². The first-order valence-electron chi connectivity index (χ1n) is 10.8. The van der Waals surface area contributed by atoms with Crippen LogP contribution in [0, 0.1) is 18.8 Å². The van der Waals surface area contributed by atoms with Gasteiger partial charge in [-0.3, -0.25) is 9.20 Å². The quantitative estimate of drug-likeness (QED) is 0.477. The number of nitrogens with one attached hydrogen (secondary N) is 2. The summed E-state index contributed by atoms with van der Waals surface area (Å²) in [5, 5.41) is 14.8. The van der Waals surface area contributed by atoms with Gasteiger partial charge in [-0.1, -0.05) is 12.0 Å². The number of imidazole rings is 1. The molecule has 0 radical (unpaired) electrons. The highest BCUT2D eigenvalue weighted by molar-refractivity contribution is 5.97. The van der Waals surface area contributed by atoms with E-state index in [1.807, 2.05) is 19.9 Å². The molecule has 1 aliphatic carbocycles. The summed E-state index contributed by atoms with van der Waals surface area (Å²) in [5.74, 6) is 5.22.